The molecule has 2 heterocycles. The van der Waals surface area contributed by atoms with Crippen LogP contribution in [0.5, 0.6) is 0 Å². The molecule has 7 nitrogen and oxygen atoms in total. The fraction of sp³-hybridized carbons (Fsp3) is 0.636. The Morgan fingerprint density at radius 1 is 1.50 bits per heavy atom. The van der Waals surface area contributed by atoms with Gasteiger partial charge in [0.1, 0.15) is 12.3 Å². The Bertz CT molecular complexity index is 535. The first-order valence-corrected chi connectivity index (χ1v) is 5.84. The lowest BCUT2D eigenvalue weighted by Crippen LogP contribution is -2.40. The van der Waals surface area contributed by atoms with Gasteiger partial charge in [-0.3, -0.25) is 13.9 Å². The van der Waals surface area contributed by atoms with E-state index in [-0.39, 0.29) is 25.1 Å². The van der Waals surface area contributed by atoms with Crippen LogP contribution < -0.4 is 11.2 Å². The number of nitrogens with zero attached hydrogens (tertiary/aromatic N) is 2. The highest BCUT2D eigenvalue weighted by Gasteiger charge is 2.35. The monoisotopic (exact) mass is 256 g/mol. The molecule has 1 fully saturated rings. The highest BCUT2D eigenvalue weighted by Crippen LogP contribution is 2.26. The van der Waals surface area contributed by atoms with Gasteiger partial charge in [-0.2, -0.15) is 0 Å². The van der Waals surface area contributed by atoms with Crippen LogP contribution in [0.15, 0.2) is 21.9 Å². The zero-order valence-electron chi connectivity index (χ0n) is 10.0. The van der Waals surface area contributed by atoms with Gasteiger partial charge in [0.2, 0.25) is 0 Å². The maximum Gasteiger partial charge on any atom is 0.333 e. The maximum absolute atomic E-state index is 12.0. The largest absolute Gasteiger partial charge is 0.394 e. The number of aliphatic hydroxyl groups is 2. The number of ether oxygens (including phenoxy) is 1. The van der Waals surface area contributed by atoms with Crippen molar-refractivity contribution >= 4 is 0 Å². The minimum atomic E-state index is -0.811. The lowest BCUT2D eigenvalue weighted by Gasteiger charge is -2.15. The Labute approximate surface area is 103 Å². The topological polar surface area (TPSA) is 93.7 Å². The van der Waals surface area contributed by atoms with Crippen molar-refractivity contribution in [2.75, 3.05) is 6.61 Å². The van der Waals surface area contributed by atoms with Crippen LogP contribution in [0.3, 0.4) is 0 Å². The molecule has 0 aliphatic carbocycles. The second kappa shape index (κ2) is 5.05. The summed E-state index contributed by atoms with van der Waals surface area (Å²) in [4.78, 5) is 23.5. The van der Waals surface area contributed by atoms with E-state index >= 15 is 0 Å². The van der Waals surface area contributed by atoms with Crippen molar-refractivity contribution in [3.05, 3.63) is 33.1 Å². The maximum atomic E-state index is 12.0. The SMILES string of the molecule is CCn1c(=O)ccn([C@H]2C[C@H](O)[C@@H](CO)O2)c1=O. The molecule has 1 saturated heterocycles. The Kier molecular flexibility index (Phi) is 3.65. The molecule has 2 rings (SSSR count). The minimum Gasteiger partial charge on any atom is -0.394 e. The average molecular weight is 256 g/mol. The van der Waals surface area contributed by atoms with Gasteiger partial charge in [-0.05, 0) is 6.92 Å². The molecule has 1 aromatic heterocycles. The summed E-state index contributed by atoms with van der Waals surface area (Å²) < 4.78 is 7.73. The fourth-order valence-electron chi connectivity index (χ4n) is 2.09. The third kappa shape index (κ3) is 2.12. The van der Waals surface area contributed by atoms with E-state index in [4.69, 9.17) is 9.84 Å². The van der Waals surface area contributed by atoms with E-state index in [0.29, 0.717) is 0 Å². The molecule has 1 aliphatic heterocycles. The van der Waals surface area contributed by atoms with Crippen molar-refractivity contribution in [3.8, 4) is 0 Å². The van der Waals surface area contributed by atoms with Crippen LogP contribution >= 0.6 is 0 Å². The summed E-state index contributed by atoms with van der Waals surface area (Å²) >= 11 is 0. The van der Waals surface area contributed by atoms with E-state index in [1.165, 1.54) is 16.8 Å². The van der Waals surface area contributed by atoms with Crippen LogP contribution in [0.25, 0.3) is 0 Å². The average Bonchev–Trinajstić information content (AvgIpc) is 2.71. The number of aromatic nitrogens is 2. The molecular weight excluding hydrogens is 240 g/mol. The highest BCUT2D eigenvalue weighted by molar-refractivity contribution is 4.90. The molecule has 0 unspecified atom stereocenters. The first-order valence-electron chi connectivity index (χ1n) is 5.84. The van der Waals surface area contributed by atoms with Gasteiger partial charge in [0, 0.05) is 25.2 Å². The van der Waals surface area contributed by atoms with Gasteiger partial charge in [-0.1, -0.05) is 0 Å². The Morgan fingerprint density at radius 2 is 2.22 bits per heavy atom. The summed E-state index contributed by atoms with van der Waals surface area (Å²) in [7, 11) is 0. The molecule has 1 aliphatic rings. The molecule has 0 aromatic carbocycles. The van der Waals surface area contributed by atoms with E-state index in [9.17, 15) is 14.7 Å². The molecule has 0 saturated carbocycles. The van der Waals surface area contributed by atoms with Crippen molar-refractivity contribution in [2.24, 2.45) is 0 Å². The predicted molar refractivity (Wildman–Crippen MR) is 62.3 cm³/mol. The molecule has 0 bridgehead atoms. The van der Waals surface area contributed by atoms with Gasteiger partial charge in [-0.25, -0.2) is 4.79 Å². The van der Waals surface area contributed by atoms with Crippen molar-refractivity contribution < 1.29 is 14.9 Å². The molecular formula is C11H16N2O5. The number of aliphatic hydroxyl groups excluding tert-OH is 2. The summed E-state index contributed by atoms with van der Waals surface area (Å²) in [5, 5.41) is 18.6. The third-order valence-electron chi connectivity index (χ3n) is 3.11. The lowest BCUT2D eigenvalue weighted by atomic mass is 10.2. The lowest BCUT2D eigenvalue weighted by molar-refractivity contribution is -0.0463. The quantitative estimate of drug-likeness (QED) is 0.699. The summed E-state index contributed by atoms with van der Waals surface area (Å²) in [6, 6.07) is 1.28. The van der Waals surface area contributed by atoms with Crippen LogP contribution in [0.4, 0.5) is 0 Å². The summed E-state index contributed by atoms with van der Waals surface area (Å²) in [5.41, 5.74) is -0.836. The molecule has 18 heavy (non-hydrogen) atoms. The van der Waals surface area contributed by atoms with Crippen molar-refractivity contribution in [3.63, 3.8) is 0 Å². The molecule has 0 spiro atoms. The Morgan fingerprint density at radius 3 is 2.78 bits per heavy atom. The molecule has 0 radical (unpaired) electrons. The van der Waals surface area contributed by atoms with Gasteiger partial charge in [0.15, 0.2) is 0 Å². The number of hydrogen-bond acceptors (Lipinski definition) is 5. The zero-order chi connectivity index (χ0) is 13.3. The summed E-state index contributed by atoms with van der Waals surface area (Å²) in [5.74, 6) is 0. The molecule has 0 amide bonds. The van der Waals surface area contributed by atoms with Gasteiger partial charge in [-0.15, -0.1) is 0 Å². The second-order valence-electron chi connectivity index (χ2n) is 4.20. The highest BCUT2D eigenvalue weighted by atomic mass is 16.5. The summed E-state index contributed by atoms with van der Waals surface area (Å²) in [6.45, 7) is 1.67. The van der Waals surface area contributed by atoms with Crippen molar-refractivity contribution in [1.29, 1.82) is 0 Å². The smallest absolute Gasteiger partial charge is 0.333 e. The van der Waals surface area contributed by atoms with Crippen molar-refractivity contribution in [2.45, 2.75) is 38.3 Å². The van der Waals surface area contributed by atoms with Crippen molar-refractivity contribution in [1.82, 2.24) is 9.13 Å². The third-order valence-corrected chi connectivity index (χ3v) is 3.11. The van der Waals surface area contributed by atoms with Crippen LogP contribution in [-0.2, 0) is 11.3 Å². The van der Waals surface area contributed by atoms with Crippen LogP contribution in [0, 0.1) is 0 Å². The van der Waals surface area contributed by atoms with Gasteiger partial charge in [0.05, 0.1) is 12.7 Å². The Balaban J connectivity index is 2.36. The predicted octanol–water partition coefficient (Wildman–Crippen LogP) is -1.33. The van der Waals surface area contributed by atoms with E-state index in [2.05, 4.69) is 0 Å². The van der Waals surface area contributed by atoms with E-state index in [0.717, 1.165) is 4.57 Å². The normalized spacial score (nSPS) is 27.6. The second-order valence-corrected chi connectivity index (χ2v) is 4.20. The molecule has 2 N–H and O–H groups in total. The van der Waals surface area contributed by atoms with Gasteiger partial charge in [0.25, 0.3) is 5.56 Å². The van der Waals surface area contributed by atoms with Gasteiger partial charge >= 0.3 is 5.69 Å². The minimum absolute atomic E-state index is 0.215. The molecule has 100 valence electrons. The van der Waals surface area contributed by atoms with Crippen LogP contribution in [0.2, 0.25) is 0 Å². The zero-order valence-corrected chi connectivity index (χ0v) is 10.0. The van der Waals surface area contributed by atoms with E-state index < -0.39 is 24.1 Å². The van der Waals surface area contributed by atoms with Crippen LogP contribution in [0.1, 0.15) is 19.6 Å². The fourth-order valence-corrected chi connectivity index (χ4v) is 2.09. The molecule has 7 heteroatoms. The first kappa shape index (κ1) is 13.0. The Hall–Kier alpha value is -1.44. The number of hydrogen-bond donors (Lipinski definition) is 2. The molecule has 1 aromatic rings. The first-order chi connectivity index (χ1) is 8.58. The van der Waals surface area contributed by atoms with Crippen LogP contribution in [-0.4, -0.2) is 38.2 Å². The van der Waals surface area contributed by atoms with Gasteiger partial charge < -0.3 is 14.9 Å². The summed E-state index contributed by atoms with van der Waals surface area (Å²) in [6.07, 6.45) is -0.582. The van der Waals surface area contributed by atoms with E-state index in [1.807, 2.05) is 0 Å². The standard InChI is InChI=1S/C11H16N2O5/c1-2-12-9(16)3-4-13(11(12)17)10-5-7(15)8(6-14)18-10/h3-4,7-8,10,14-15H,2,5-6H2,1H3/t7-,8+,10+/m0/s1. The molecule has 3 atom stereocenters. The number of rotatable bonds is 3. The van der Waals surface area contributed by atoms with E-state index in [1.54, 1.807) is 6.92 Å².